The number of rotatable bonds is 18. The van der Waals surface area contributed by atoms with Crippen molar-refractivity contribution in [3.8, 4) is 5.75 Å². The van der Waals surface area contributed by atoms with Gasteiger partial charge < -0.3 is 33.6 Å². The highest BCUT2D eigenvalue weighted by molar-refractivity contribution is 8.00. The number of ketones is 9. The summed E-state index contributed by atoms with van der Waals surface area (Å²) in [5.41, 5.74) is 2.30. The molecule has 2 aromatic carbocycles. The van der Waals surface area contributed by atoms with Crippen molar-refractivity contribution in [1.82, 2.24) is 34.3 Å². The maximum Gasteiger partial charge on any atom is 0.179 e. The van der Waals surface area contributed by atoms with E-state index < -0.39 is 0 Å². The second kappa shape index (κ2) is 52.4. The first-order chi connectivity index (χ1) is 49.3. The van der Waals surface area contributed by atoms with E-state index in [1.807, 2.05) is 122 Å². The molecular weight excluding hydrogens is 1420 g/mol. The number of benzene rings is 2. The molecule has 590 valence electrons. The summed E-state index contributed by atoms with van der Waals surface area (Å²) in [6.45, 7) is 24.1. The number of anilines is 2. The van der Waals surface area contributed by atoms with Gasteiger partial charge in [-0.2, -0.15) is 11.8 Å². The van der Waals surface area contributed by atoms with Crippen LogP contribution in [0.5, 0.6) is 5.75 Å². The van der Waals surface area contributed by atoms with Gasteiger partial charge in [-0.3, -0.25) is 72.6 Å². The van der Waals surface area contributed by atoms with Crippen molar-refractivity contribution >= 4 is 122 Å². The van der Waals surface area contributed by atoms with Gasteiger partial charge >= 0.3 is 0 Å². The van der Waals surface area contributed by atoms with Gasteiger partial charge in [0.2, 0.25) is 0 Å². The Kier molecular flexibility index (Phi) is 47.5. The molecule has 0 aliphatic carbocycles. The molecule has 27 heteroatoms. The van der Waals surface area contributed by atoms with Crippen LogP contribution < -0.4 is 14.5 Å². The molecule has 9 aliphatic rings. The Bertz CT molecular complexity index is 2700. The number of para-hydroxylation sites is 3. The Morgan fingerprint density at radius 1 is 0.385 bits per heavy atom. The fourth-order valence-corrected chi connectivity index (χ4v) is 18.3. The average molecular weight is 1550 g/mol. The van der Waals surface area contributed by atoms with Crippen LogP contribution in [0.3, 0.4) is 0 Å². The minimum absolute atomic E-state index is 0.0289. The van der Waals surface area contributed by atoms with Crippen molar-refractivity contribution < 1.29 is 62.1 Å². The molecule has 0 radical (unpaired) electrons. The third kappa shape index (κ3) is 39.0. The summed E-state index contributed by atoms with van der Waals surface area (Å²) < 4.78 is 21.6. The van der Waals surface area contributed by atoms with E-state index in [4.69, 9.17) is 18.9 Å². The van der Waals surface area contributed by atoms with Crippen LogP contribution in [-0.2, 0) is 57.4 Å². The largest absolute Gasteiger partial charge is 0.468 e. The molecule has 11 rings (SSSR count). The summed E-state index contributed by atoms with van der Waals surface area (Å²) in [4.78, 5) is 118. The van der Waals surface area contributed by atoms with E-state index >= 15 is 0 Å². The number of ether oxygens (including phenoxy) is 4. The predicted octanol–water partition coefficient (Wildman–Crippen LogP) is 10.3. The van der Waals surface area contributed by atoms with Crippen LogP contribution >= 0.6 is 58.8 Å². The topological polar surface area (TPSA) is 220 Å². The summed E-state index contributed by atoms with van der Waals surface area (Å²) in [6.07, 6.45) is 9.07. The molecule has 7 saturated heterocycles. The maximum atomic E-state index is 11.1. The summed E-state index contributed by atoms with van der Waals surface area (Å²) in [7, 11) is 18.4. The lowest BCUT2D eigenvalue weighted by Crippen LogP contribution is -2.43. The highest BCUT2D eigenvalue weighted by Gasteiger charge is 2.30. The quantitative estimate of drug-likeness (QED) is 0.135. The van der Waals surface area contributed by atoms with Gasteiger partial charge in [0.1, 0.15) is 70.3 Å². The van der Waals surface area contributed by atoms with Crippen LogP contribution in [0.2, 0.25) is 0 Å². The van der Waals surface area contributed by atoms with Crippen LogP contribution in [0, 0.1) is 0 Å². The summed E-state index contributed by atoms with van der Waals surface area (Å²) >= 11 is 9.54. The number of fused-ring (bicyclic) bond motifs is 2. The van der Waals surface area contributed by atoms with E-state index in [0.717, 1.165) is 107 Å². The van der Waals surface area contributed by atoms with Gasteiger partial charge in [0.25, 0.3) is 0 Å². The SMILES string of the molecule is CC(=O)CC1CCSCN1C.CC(=O)CC1COCCN1C.CC(=O)CC1CSCCN1C.CC(=O)CC1CSc2ccccc2N1C.CC(=O)CC1OCCCN1C.CC(=O)CC1OCCN1C.CC(=O)CC1Oc2ccccc2N1C.CC(=O)CC1SCCCN1C.CC(=O)CC1SCCN1C. The smallest absolute Gasteiger partial charge is 0.179 e. The lowest BCUT2D eigenvalue weighted by molar-refractivity contribution is -0.129. The molecule has 2 aromatic rings. The standard InChI is InChI=1S/C12H15NOS.C11H13NO2.2C8H15NO2.3C8H15NOS.C7H13NO2.C7H13NOS/c1-9(14)7-10-8-15-12-6-4-3-5-11(12)13(10)2;1-8(13)7-11-12(2)9-5-3-4-6-10(9)14-11;1-7(10)5-8-6-11-4-3-9(8)2;1-7(10)6-8-9(2)4-3-5-11-8;1-7(10)5-8-6-11-4-3-9(8)2;1-7(10)5-8-3-4-11-6-9(8)2;1-7(10)6-8-9(2)4-3-5-11-8;2*1-6(9)5-7-8(2)3-4-10-7/h3-6,10H,7-8H2,1-2H3;3-6,11H,7H2,1-2H3;5*8H,3-6H2,1-2H3;2*7H,3-5H2,1-2H3. The van der Waals surface area contributed by atoms with E-state index in [1.165, 1.54) is 46.4 Å². The van der Waals surface area contributed by atoms with E-state index in [2.05, 4.69) is 92.6 Å². The van der Waals surface area contributed by atoms with E-state index in [-0.39, 0.29) is 47.6 Å². The van der Waals surface area contributed by atoms with Crippen LogP contribution in [0.4, 0.5) is 11.4 Å². The molecule has 0 spiro atoms. The van der Waals surface area contributed by atoms with E-state index in [0.29, 0.717) is 110 Å². The minimum Gasteiger partial charge on any atom is -0.468 e. The van der Waals surface area contributed by atoms with Crippen molar-refractivity contribution in [1.29, 1.82) is 0 Å². The lowest BCUT2D eigenvalue weighted by atomic mass is 10.1. The van der Waals surface area contributed by atoms with Crippen molar-refractivity contribution in [2.45, 2.75) is 198 Å². The molecule has 0 amide bonds. The van der Waals surface area contributed by atoms with Gasteiger partial charge in [-0.25, -0.2) is 0 Å². The van der Waals surface area contributed by atoms with Gasteiger partial charge in [0.05, 0.1) is 48.4 Å². The first kappa shape index (κ1) is 94.4. The Hall–Kier alpha value is -3.78. The highest BCUT2D eigenvalue weighted by Crippen LogP contribution is 2.38. The highest BCUT2D eigenvalue weighted by atomic mass is 32.2. The molecule has 0 saturated carbocycles. The number of nitrogens with zero attached hydrogens (tertiary/aromatic N) is 9. The van der Waals surface area contributed by atoms with Crippen molar-refractivity contribution in [3.05, 3.63) is 48.5 Å². The predicted molar refractivity (Wildman–Crippen MR) is 432 cm³/mol. The van der Waals surface area contributed by atoms with Crippen LogP contribution in [0.15, 0.2) is 53.4 Å². The number of carbonyl (C=O) groups is 9. The van der Waals surface area contributed by atoms with Gasteiger partial charge in [-0.05, 0) is 173 Å². The Balaban J connectivity index is 0.000000305. The van der Waals surface area contributed by atoms with Crippen molar-refractivity contribution in [3.63, 3.8) is 0 Å². The van der Waals surface area contributed by atoms with Crippen LogP contribution in [0.25, 0.3) is 0 Å². The number of hydrogen-bond donors (Lipinski definition) is 0. The van der Waals surface area contributed by atoms with Gasteiger partial charge in [-0.15, -0.1) is 47.0 Å². The second-order valence-electron chi connectivity index (χ2n) is 28.4. The molecule has 104 heavy (non-hydrogen) atoms. The van der Waals surface area contributed by atoms with Gasteiger partial charge in [0, 0.05) is 163 Å². The summed E-state index contributed by atoms with van der Waals surface area (Å²) in [6, 6.07) is 17.8. The number of likely N-dealkylation sites (N-methyl/N-ethyl adjacent to an activating group) is 2. The average Bonchev–Trinajstić information content (AvgIpc) is 1.49. The first-order valence-electron chi connectivity index (χ1n) is 36.8. The van der Waals surface area contributed by atoms with Gasteiger partial charge in [-0.1, -0.05) is 24.3 Å². The third-order valence-corrected chi connectivity index (χ3v) is 24.7. The molecule has 0 bridgehead atoms. The molecule has 9 heterocycles. The molecule has 22 nitrogen and oxygen atoms in total. The zero-order valence-corrected chi connectivity index (χ0v) is 70.3. The molecular formula is C77H129N9O13S5. The maximum absolute atomic E-state index is 11.1. The van der Waals surface area contributed by atoms with Crippen molar-refractivity contribution in [2.75, 3.05) is 179 Å². The van der Waals surface area contributed by atoms with E-state index in [9.17, 15) is 43.2 Å². The number of hydrogen-bond acceptors (Lipinski definition) is 27. The zero-order chi connectivity index (χ0) is 77.4. The first-order valence-corrected chi connectivity index (χ1v) is 42.1. The van der Waals surface area contributed by atoms with Crippen LogP contribution in [0.1, 0.15) is 139 Å². The molecule has 9 atom stereocenters. The van der Waals surface area contributed by atoms with Gasteiger partial charge in [0.15, 0.2) is 6.23 Å². The normalized spacial score (nSPS) is 24.9. The van der Waals surface area contributed by atoms with Crippen LogP contribution in [-0.4, -0.2) is 309 Å². The molecule has 0 aromatic heterocycles. The Morgan fingerprint density at radius 3 is 1.37 bits per heavy atom. The van der Waals surface area contributed by atoms with E-state index in [1.54, 1.807) is 62.3 Å². The number of Topliss-reactive ketones (excluding diaryl/α,β-unsaturated/α-hetero) is 9. The second-order valence-corrected chi connectivity index (χ2v) is 34.3. The minimum atomic E-state index is -0.134. The number of carbonyl (C=O) groups excluding carboxylic acids is 9. The zero-order valence-electron chi connectivity index (χ0n) is 66.2. The summed E-state index contributed by atoms with van der Waals surface area (Å²) in [5.74, 6) is 11.2. The third-order valence-electron chi connectivity index (χ3n) is 18.5. The van der Waals surface area contributed by atoms with Crippen molar-refractivity contribution in [2.24, 2.45) is 0 Å². The Morgan fingerprint density at radius 2 is 0.856 bits per heavy atom. The fourth-order valence-electron chi connectivity index (χ4n) is 12.1. The molecule has 9 unspecified atom stereocenters. The Labute approximate surface area is 646 Å². The summed E-state index contributed by atoms with van der Waals surface area (Å²) in [5, 5.41) is 0.902. The number of thioether (sulfide) groups is 5. The fraction of sp³-hybridized carbons (Fsp3) is 0.727. The molecule has 7 fully saturated rings. The number of morpholine rings is 1. The molecule has 9 aliphatic heterocycles. The monoisotopic (exact) mass is 1550 g/mol. The lowest BCUT2D eigenvalue weighted by Gasteiger charge is -2.35. The molecule has 0 N–H and O–H groups in total.